The lowest BCUT2D eigenvalue weighted by molar-refractivity contribution is 0.423. The molecular formula is C32H34N4O. The minimum absolute atomic E-state index is 0.232. The van der Waals surface area contributed by atoms with Crippen molar-refractivity contribution < 1.29 is 5.11 Å². The number of aromatic hydroxyl groups is 1. The van der Waals surface area contributed by atoms with Gasteiger partial charge >= 0.3 is 0 Å². The Morgan fingerprint density at radius 1 is 0.622 bits per heavy atom. The van der Waals surface area contributed by atoms with Gasteiger partial charge in [-0.2, -0.15) is 5.10 Å². The molecule has 0 aliphatic carbocycles. The minimum atomic E-state index is -0.232. The van der Waals surface area contributed by atoms with Gasteiger partial charge in [0.2, 0.25) is 0 Å². The van der Waals surface area contributed by atoms with Gasteiger partial charge < -0.3 is 5.11 Å². The SMILES string of the molecule is Cc1c(-c2cc(C(C)(C)C)c(O)c(C(C)(C)C)c2)nc2nc(-c3ccccc3)c(-c3ccccc3)nn12. The smallest absolute Gasteiger partial charge is 0.252 e. The quantitative estimate of drug-likeness (QED) is 0.281. The first kappa shape index (κ1) is 24.7. The molecule has 2 aromatic heterocycles. The summed E-state index contributed by atoms with van der Waals surface area (Å²) in [5.41, 5.74) is 7.63. The largest absolute Gasteiger partial charge is 0.507 e. The number of benzene rings is 3. The Bertz CT molecular complexity index is 1550. The fourth-order valence-corrected chi connectivity index (χ4v) is 4.75. The molecule has 0 unspecified atom stereocenters. The maximum absolute atomic E-state index is 11.2. The van der Waals surface area contributed by atoms with Crippen LogP contribution in [0.3, 0.4) is 0 Å². The first-order valence-corrected chi connectivity index (χ1v) is 12.7. The van der Waals surface area contributed by atoms with E-state index in [0.717, 1.165) is 50.6 Å². The average Bonchev–Trinajstić information content (AvgIpc) is 3.18. The number of hydrogen-bond donors (Lipinski definition) is 1. The number of phenolic OH excluding ortho intramolecular Hbond substituents is 1. The van der Waals surface area contributed by atoms with Gasteiger partial charge in [-0.3, -0.25) is 0 Å². The van der Waals surface area contributed by atoms with Crippen LogP contribution in [-0.2, 0) is 10.8 Å². The highest BCUT2D eigenvalue weighted by atomic mass is 16.3. The molecule has 5 heteroatoms. The molecule has 0 saturated heterocycles. The first-order valence-electron chi connectivity index (χ1n) is 12.7. The summed E-state index contributed by atoms with van der Waals surface area (Å²) in [6.07, 6.45) is 0. The molecular weight excluding hydrogens is 456 g/mol. The zero-order valence-corrected chi connectivity index (χ0v) is 22.7. The lowest BCUT2D eigenvalue weighted by Crippen LogP contribution is -2.17. The number of fused-ring (bicyclic) bond motifs is 1. The van der Waals surface area contributed by atoms with Crippen LogP contribution < -0.4 is 0 Å². The van der Waals surface area contributed by atoms with E-state index < -0.39 is 0 Å². The van der Waals surface area contributed by atoms with Crippen molar-refractivity contribution in [2.24, 2.45) is 0 Å². The van der Waals surface area contributed by atoms with Gasteiger partial charge in [0.25, 0.3) is 5.78 Å². The molecule has 1 N–H and O–H groups in total. The molecule has 0 spiro atoms. The Morgan fingerprint density at radius 2 is 1.08 bits per heavy atom. The molecule has 0 aliphatic heterocycles. The standard InChI is InChI=1S/C32H34N4O/c1-20-26(23-18-24(31(2,3)4)29(37)25(19-23)32(5,6)7)33-30-34-27(21-14-10-8-11-15-21)28(35-36(20)30)22-16-12-9-13-17-22/h8-19,37H,1-7H3. The topological polar surface area (TPSA) is 63.3 Å². The van der Waals surface area contributed by atoms with E-state index in [0.29, 0.717) is 11.5 Å². The van der Waals surface area contributed by atoms with Crippen LogP contribution in [0.4, 0.5) is 0 Å². The van der Waals surface area contributed by atoms with Gasteiger partial charge in [0.05, 0.1) is 11.4 Å². The second kappa shape index (κ2) is 8.84. The van der Waals surface area contributed by atoms with E-state index in [9.17, 15) is 5.11 Å². The van der Waals surface area contributed by atoms with Crippen LogP contribution in [0.2, 0.25) is 0 Å². The summed E-state index contributed by atoms with van der Waals surface area (Å²) in [6, 6.07) is 24.4. The highest BCUT2D eigenvalue weighted by Gasteiger charge is 2.28. The van der Waals surface area contributed by atoms with Crippen molar-refractivity contribution in [1.82, 2.24) is 19.6 Å². The number of imidazole rings is 1. The van der Waals surface area contributed by atoms with Gasteiger partial charge in [-0.1, -0.05) is 102 Å². The molecule has 0 saturated carbocycles. The monoisotopic (exact) mass is 490 g/mol. The molecule has 5 rings (SSSR count). The van der Waals surface area contributed by atoms with Gasteiger partial charge in [-0.15, -0.1) is 0 Å². The third kappa shape index (κ3) is 4.50. The second-order valence-electron chi connectivity index (χ2n) is 11.7. The van der Waals surface area contributed by atoms with E-state index in [4.69, 9.17) is 15.1 Å². The van der Waals surface area contributed by atoms with Gasteiger partial charge in [0.15, 0.2) is 0 Å². The zero-order valence-electron chi connectivity index (χ0n) is 22.7. The Morgan fingerprint density at radius 3 is 1.57 bits per heavy atom. The maximum Gasteiger partial charge on any atom is 0.252 e. The lowest BCUT2D eigenvalue weighted by atomic mass is 9.78. The molecule has 37 heavy (non-hydrogen) atoms. The predicted octanol–water partition coefficient (Wildman–Crippen LogP) is 7.73. The zero-order chi connectivity index (χ0) is 26.5. The fourth-order valence-electron chi connectivity index (χ4n) is 4.75. The molecule has 3 aromatic carbocycles. The summed E-state index contributed by atoms with van der Waals surface area (Å²) in [5, 5.41) is 16.3. The fraction of sp³-hybridized carbons (Fsp3) is 0.281. The van der Waals surface area contributed by atoms with E-state index in [-0.39, 0.29) is 10.8 Å². The van der Waals surface area contributed by atoms with Crippen LogP contribution in [0.1, 0.15) is 58.4 Å². The highest BCUT2D eigenvalue weighted by Crippen LogP contribution is 2.42. The van der Waals surface area contributed by atoms with Crippen LogP contribution >= 0.6 is 0 Å². The lowest BCUT2D eigenvalue weighted by Gasteiger charge is -2.28. The van der Waals surface area contributed by atoms with Gasteiger partial charge in [0, 0.05) is 27.8 Å². The van der Waals surface area contributed by atoms with Crippen LogP contribution in [0.5, 0.6) is 5.75 Å². The molecule has 5 nitrogen and oxygen atoms in total. The summed E-state index contributed by atoms with van der Waals surface area (Å²) >= 11 is 0. The molecule has 0 radical (unpaired) electrons. The Balaban J connectivity index is 1.79. The second-order valence-corrected chi connectivity index (χ2v) is 11.7. The van der Waals surface area contributed by atoms with Crippen molar-refractivity contribution in [3.8, 4) is 39.5 Å². The molecule has 0 atom stereocenters. The van der Waals surface area contributed by atoms with E-state index >= 15 is 0 Å². The number of aromatic nitrogens is 4. The maximum atomic E-state index is 11.2. The van der Waals surface area contributed by atoms with E-state index in [1.165, 1.54) is 0 Å². The summed E-state index contributed by atoms with van der Waals surface area (Å²) in [5.74, 6) is 0.910. The first-order chi connectivity index (χ1) is 17.4. The van der Waals surface area contributed by atoms with Gasteiger partial charge in [-0.05, 0) is 29.9 Å². The van der Waals surface area contributed by atoms with E-state index in [1.807, 2.05) is 47.8 Å². The predicted molar refractivity (Wildman–Crippen MR) is 151 cm³/mol. The third-order valence-corrected chi connectivity index (χ3v) is 6.79. The molecule has 188 valence electrons. The van der Waals surface area contributed by atoms with Crippen molar-refractivity contribution in [1.29, 1.82) is 0 Å². The van der Waals surface area contributed by atoms with E-state index in [1.54, 1.807) is 0 Å². The summed E-state index contributed by atoms with van der Waals surface area (Å²) in [4.78, 5) is 10.0. The van der Waals surface area contributed by atoms with Crippen molar-refractivity contribution in [2.45, 2.75) is 59.3 Å². The Hall–Kier alpha value is -3.99. The van der Waals surface area contributed by atoms with Crippen LogP contribution in [-0.4, -0.2) is 24.7 Å². The van der Waals surface area contributed by atoms with Crippen molar-refractivity contribution >= 4 is 5.78 Å². The molecule has 0 aliphatic rings. The molecule has 2 heterocycles. The normalized spacial score (nSPS) is 12.3. The van der Waals surface area contributed by atoms with Gasteiger partial charge in [0.1, 0.15) is 17.1 Å². The third-order valence-electron chi connectivity index (χ3n) is 6.79. The number of aryl methyl sites for hydroxylation is 1. The number of phenols is 1. The number of rotatable bonds is 3. The van der Waals surface area contributed by atoms with Crippen LogP contribution in [0, 0.1) is 6.92 Å². The van der Waals surface area contributed by atoms with Crippen molar-refractivity contribution in [2.75, 3.05) is 0 Å². The summed E-state index contributed by atoms with van der Waals surface area (Å²) in [7, 11) is 0. The highest BCUT2D eigenvalue weighted by molar-refractivity contribution is 5.79. The van der Waals surface area contributed by atoms with Crippen LogP contribution in [0.15, 0.2) is 72.8 Å². The number of hydrogen-bond acceptors (Lipinski definition) is 4. The summed E-state index contributed by atoms with van der Waals surface area (Å²) < 4.78 is 1.84. The molecule has 0 amide bonds. The summed E-state index contributed by atoms with van der Waals surface area (Å²) in [6.45, 7) is 14.8. The molecule has 0 bridgehead atoms. The molecule has 0 fully saturated rings. The van der Waals surface area contributed by atoms with Crippen molar-refractivity contribution in [3.05, 3.63) is 89.6 Å². The minimum Gasteiger partial charge on any atom is -0.507 e. The van der Waals surface area contributed by atoms with Crippen molar-refractivity contribution in [3.63, 3.8) is 0 Å². The van der Waals surface area contributed by atoms with Crippen LogP contribution in [0.25, 0.3) is 39.5 Å². The Kier molecular flexibility index (Phi) is 5.90. The Labute approximate surface area is 218 Å². The number of nitrogens with zero attached hydrogens (tertiary/aromatic N) is 4. The van der Waals surface area contributed by atoms with Gasteiger partial charge in [-0.25, -0.2) is 14.5 Å². The van der Waals surface area contributed by atoms with E-state index in [2.05, 4.69) is 77.9 Å². The average molecular weight is 491 g/mol. The molecule has 5 aromatic rings.